The first-order valence-corrected chi connectivity index (χ1v) is 7.88. The largest absolute Gasteiger partial charge is 0.494 e. The Morgan fingerprint density at radius 3 is 2.68 bits per heavy atom. The molecule has 4 nitrogen and oxygen atoms in total. The lowest BCUT2D eigenvalue weighted by atomic mass is 10.2. The molecule has 22 heavy (non-hydrogen) atoms. The number of rotatable bonds is 6. The molecule has 0 amide bonds. The van der Waals surface area contributed by atoms with E-state index < -0.39 is 0 Å². The lowest BCUT2D eigenvalue weighted by molar-refractivity contribution is 0.340. The van der Waals surface area contributed by atoms with Gasteiger partial charge in [0, 0.05) is 18.5 Å². The van der Waals surface area contributed by atoms with Crippen LogP contribution in [0.3, 0.4) is 0 Å². The Morgan fingerprint density at radius 2 is 2.00 bits per heavy atom. The molecule has 0 bridgehead atoms. The van der Waals surface area contributed by atoms with Gasteiger partial charge in [-0.15, -0.1) is 35.3 Å². The first-order valence-electron chi connectivity index (χ1n) is 7.00. The maximum atomic E-state index is 5.50. The summed E-state index contributed by atoms with van der Waals surface area (Å²) in [5, 5.41) is 8.68. The van der Waals surface area contributed by atoms with Crippen molar-refractivity contribution < 1.29 is 4.74 Å². The van der Waals surface area contributed by atoms with Crippen LogP contribution in [0.2, 0.25) is 0 Å². The fraction of sp³-hybridized carbons (Fsp3) is 0.312. The quantitative estimate of drug-likeness (QED) is 0.417. The van der Waals surface area contributed by atoms with Gasteiger partial charge in [-0.25, -0.2) is 0 Å². The molecule has 6 heteroatoms. The topological polar surface area (TPSA) is 45.6 Å². The van der Waals surface area contributed by atoms with Crippen LogP contribution in [0.15, 0.2) is 46.8 Å². The molecule has 0 aliphatic rings. The van der Waals surface area contributed by atoms with Gasteiger partial charge in [-0.2, -0.15) is 0 Å². The van der Waals surface area contributed by atoms with Crippen LogP contribution in [0.1, 0.15) is 17.4 Å². The monoisotopic (exact) mass is 431 g/mol. The number of nitrogens with one attached hydrogen (secondary N) is 2. The van der Waals surface area contributed by atoms with Gasteiger partial charge in [0.25, 0.3) is 0 Å². The van der Waals surface area contributed by atoms with Crippen molar-refractivity contribution in [2.45, 2.75) is 20.0 Å². The van der Waals surface area contributed by atoms with E-state index in [1.54, 1.807) is 18.4 Å². The van der Waals surface area contributed by atoms with E-state index in [0.717, 1.165) is 18.3 Å². The Balaban J connectivity index is 0.00000242. The number of halogens is 1. The summed E-state index contributed by atoms with van der Waals surface area (Å²) < 4.78 is 5.50. The van der Waals surface area contributed by atoms with Crippen molar-refractivity contribution in [1.29, 1.82) is 0 Å². The zero-order valence-electron chi connectivity index (χ0n) is 12.8. The van der Waals surface area contributed by atoms with Crippen molar-refractivity contribution in [3.63, 3.8) is 0 Å². The highest BCUT2D eigenvalue weighted by molar-refractivity contribution is 14.0. The van der Waals surface area contributed by atoms with E-state index >= 15 is 0 Å². The molecule has 0 spiro atoms. The summed E-state index contributed by atoms with van der Waals surface area (Å²) in [5.74, 6) is 1.70. The minimum absolute atomic E-state index is 0. The molecule has 1 aromatic carbocycles. The summed E-state index contributed by atoms with van der Waals surface area (Å²) in [6, 6.07) is 12.2. The van der Waals surface area contributed by atoms with Gasteiger partial charge in [0.15, 0.2) is 5.96 Å². The molecule has 2 N–H and O–H groups in total. The molecule has 0 radical (unpaired) electrons. The van der Waals surface area contributed by atoms with Crippen LogP contribution in [0.5, 0.6) is 5.75 Å². The van der Waals surface area contributed by atoms with E-state index in [9.17, 15) is 0 Å². The van der Waals surface area contributed by atoms with E-state index in [0.29, 0.717) is 13.2 Å². The molecule has 1 aromatic heterocycles. The second kappa shape index (κ2) is 10.4. The first kappa shape index (κ1) is 18.8. The Labute approximate surface area is 153 Å². The number of guanidine groups is 1. The van der Waals surface area contributed by atoms with Gasteiger partial charge in [0.05, 0.1) is 13.2 Å². The molecule has 2 rings (SSSR count). The normalized spacial score (nSPS) is 10.7. The van der Waals surface area contributed by atoms with Gasteiger partial charge in [-0.05, 0) is 36.1 Å². The summed E-state index contributed by atoms with van der Waals surface area (Å²) in [5.41, 5.74) is 1.17. The molecule has 120 valence electrons. The molecule has 0 saturated heterocycles. The van der Waals surface area contributed by atoms with Crippen molar-refractivity contribution in [1.82, 2.24) is 10.6 Å². The number of hydrogen-bond acceptors (Lipinski definition) is 3. The average Bonchev–Trinajstić information content (AvgIpc) is 3.01. The molecule has 2 aromatic rings. The van der Waals surface area contributed by atoms with Gasteiger partial charge in [0.1, 0.15) is 5.75 Å². The smallest absolute Gasteiger partial charge is 0.191 e. The van der Waals surface area contributed by atoms with Crippen molar-refractivity contribution in [2.24, 2.45) is 4.99 Å². The summed E-state index contributed by atoms with van der Waals surface area (Å²) in [4.78, 5) is 5.52. The minimum atomic E-state index is 0. The third kappa shape index (κ3) is 6.23. The molecule has 0 unspecified atom stereocenters. The second-order valence-corrected chi connectivity index (χ2v) is 5.47. The van der Waals surface area contributed by atoms with E-state index in [1.807, 2.05) is 25.1 Å². The Kier molecular flexibility index (Phi) is 8.91. The zero-order valence-corrected chi connectivity index (χ0v) is 16.0. The Hall–Kier alpha value is -1.28. The van der Waals surface area contributed by atoms with Crippen LogP contribution in [-0.4, -0.2) is 19.6 Å². The lowest BCUT2D eigenvalue weighted by Crippen LogP contribution is -2.36. The predicted octanol–water partition coefficient (Wildman–Crippen LogP) is 3.63. The van der Waals surface area contributed by atoms with Crippen LogP contribution >= 0.6 is 35.3 Å². The van der Waals surface area contributed by atoms with E-state index in [1.165, 1.54) is 10.4 Å². The molecule has 0 aliphatic carbocycles. The van der Waals surface area contributed by atoms with Crippen molar-refractivity contribution in [3.05, 3.63) is 52.2 Å². The Morgan fingerprint density at radius 1 is 1.18 bits per heavy atom. The highest BCUT2D eigenvalue weighted by Gasteiger charge is 2.01. The number of hydrogen-bond donors (Lipinski definition) is 2. The molecule has 0 atom stereocenters. The SMILES string of the molecule is CCOc1cccc(CNC(=NC)NCc2cccs2)c1.I. The average molecular weight is 431 g/mol. The van der Waals surface area contributed by atoms with Gasteiger partial charge in [0.2, 0.25) is 0 Å². The first-order chi connectivity index (χ1) is 10.3. The summed E-state index contributed by atoms with van der Waals surface area (Å²) in [7, 11) is 1.78. The molecular formula is C16H22IN3OS. The molecule has 0 saturated carbocycles. The van der Waals surface area contributed by atoms with Crippen LogP contribution in [0, 0.1) is 0 Å². The number of ether oxygens (including phenoxy) is 1. The van der Waals surface area contributed by atoms with Crippen molar-refractivity contribution >= 4 is 41.3 Å². The molecular weight excluding hydrogens is 409 g/mol. The number of benzene rings is 1. The van der Waals surface area contributed by atoms with E-state index in [4.69, 9.17) is 4.74 Å². The minimum Gasteiger partial charge on any atom is -0.494 e. The van der Waals surface area contributed by atoms with Crippen LogP contribution < -0.4 is 15.4 Å². The highest BCUT2D eigenvalue weighted by Crippen LogP contribution is 2.13. The molecule has 0 aliphatic heterocycles. The second-order valence-electron chi connectivity index (χ2n) is 4.44. The maximum Gasteiger partial charge on any atom is 0.191 e. The van der Waals surface area contributed by atoms with Gasteiger partial charge < -0.3 is 15.4 Å². The maximum absolute atomic E-state index is 5.50. The summed E-state index contributed by atoms with van der Waals surface area (Å²) in [6.45, 7) is 4.17. The van der Waals surface area contributed by atoms with Crippen molar-refractivity contribution in [3.8, 4) is 5.75 Å². The van der Waals surface area contributed by atoms with E-state index in [2.05, 4.69) is 39.2 Å². The number of thiophene rings is 1. The third-order valence-electron chi connectivity index (χ3n) is 2.90. The van der Waals surface area contributed by atoms with Gasteiger partial charge in [-0.3, -0.25) is 4.99 Å². The zero-order chi connectivity index (χ0) is 14.9. The van der Waals surface area contributed by atoms with Crippen LogP contribution in [0.25, 0.3) is 0 Å². The van der Waals surface area contributed by atoms with Gasteiger partial charge in [-0.1, -0.05) is 18.2 Å². The fourth-order valence-electron chi connectivity index (χ4n) is 1.90. The lowest BCUT2D eigenvalue weighted by Gasteiger charge is -2.12. The molecule has 1 heterocycles. The fourth-order valence-corrected chi connectivity index (χ4v) is 2.55. The van der Waals surface area contributed by atoms with E-state index in [-0.39, 0.29) is 24.0 Å². The molecule has 0 fully saturated rings. The number of nitrogens with zero attached hydrogens (tertiary/aromatic N) is 1. The predicted molar refractivity (Wildman–Crippen MR) is 104 cm³/mol. The van der Waals surface area contributed by atoms with Crippen LogP contribution in [-0.2, 0) is 13.1 Å². The van der Waals surface area contributed by atoms with Crippen molar-refractivity contribution in [2.75, 3.05) is 13.7 Å². The highest BCUT2D eigenvalue weighted by atomic mass is 127. The summed E-state index contributed by atoms with van der Waals surface area (Å²) >= 11 is 1.74. The van der Waals surface area contributed by atoms with Gasteiger partial charge >= 0.3 is 0 Å². The standard InChI is InChI=1S/C16H21N3OS.HI/c1-3-20-14-7-4-6-13(10-14)11-18-16(17-2)19-12-15-8-5-9-21-15;/h4-10H,3,11-12H2,1-2H3,(H2,17,18,19);1H. The van der Waals surface area contributed by atoms with Crippen LogP contribution in [0.4, 0.5) is 0 Å². The third-order valence-corrected chi connectivity index (χ3v) is 3.78. The number of aliphatic imine (C=N–C) groups is 1. The summed E-state index contributed by atoms with van der Waals surface area (Å²) in [6.07, 6.45) is 0. The Bertz CT molecular complexity index is 573.